The molecule has 1 rings (SSSR count). The van der Waals surface area contributed by atoms with E-state index in [1.165, 1.54) is 5.56 Å². The van der Waals surface area contributed by atoms with Gasteiger partial charge in [0.05, 0.1) is 7.11 Å². The summed E-state index contributed by atoms with van der Waals surface area (Å²) >= 11 is 0. The van der Waals surface area contributed by atoms with E-state index in [1.54, 1.807) is 7.11 Å². The third-order valence-corrected chi connectivity index (χ3v) is 2.78. The highest BCUT2D eigenvalue weighted by molar-refractivity contribution is 5.44. The number of methoxy groups -OCH3 is 1. The molecule has 0 spiro atoms. The molecule has 1 aromatic carbocycles. The van der Waals surface area contributed by atoms with Crippen molar-refractivity contribution in [3.05, 3.63) is 23.8 Å². The molecule has 0 aliphatic heterocycles. The Kier molecular flexibility index (Phi) is 5.48. The van der Waals surface area contributed by atoms with Crippen LogP contribution in [0.4, 0.5) is 0 Å². The van der Waals surface area contributed by atoms with E-state index in [9.17, 15) is 0 Å². The molecule has 3 nitrogen and oxygen atoms in total. The van der Waals surface area contributed by atoms with Gasteiger partial charge in [0, 0.05) is 12.1 Å². The maximum absolute atomic E-state index is 5.85. The standard InChI is InChI=1S/C15H25NO2/c1-6-16-9-10-18-14-8-7-12(17-5)11-13(14)15(2,3)4/h7-8,11,16H,6,9-10H2,1-5H3. The van der Waals surface area contributed by atoms with Gasteiger partial charge in [-0.05, 0) is 30.2 Å². The SMILES string of the molecule is CCNCCOc1ccc(OC)cc1C(C)(C)C. The highest BCUT2D eigenvalue weighted by atomic mass is 16.5. The Labute approximate surface area is 110 Å². The second kappa shape index (κ2) is 6.64. The van der Waals surface area contributed by atoms with Crippen molar-refractivity contribution in [1.29, 1.82) is 0 Å². The van der Waals surface area contributed by atoms with Gasteiger partial charge < -0.3 is 14.8 Å². The van der Waals surface area contributed by atoms with Crippen LogP contribution in [0.15, 0.2) is 18.2 Å². The quantitative estimate of drug-likeness (QED) is 0.788. The van der Waals surface area contributed by atoms with Crippen LogP contribution >= 0.6 is 0 Å². The van der Waals surface area contributed by atoms with Crippen LogP contribution < -0.4 is 14.8 Å². The van der Waals surface area contributed by atoms with Crippen molar-refractivity contribution >= 4 is 0 Å². The van der Waals surface area contributed by atoms with E-state index in [-0.39, 0.29) is 5.41 Å². The number of rotatable bonds is 6. The van der Waals surface area contributed by atoms with Crippen LogP contribution in [0, 0.1) is 0 Å². The summed E-state index contributed by atoms with van der Waals surface area (Å²) in [6.07, 6.45) is 0. The van der Waals surface area contributed by atoms with Gasteiger partial charge in [0.15, 0.2) is 0 Å². The summed E-state index contributed by atoms with van der Waals surface area (Å²) < 4.78 is 11.1. The topological polar surface area (TPSA) is 30.5 Å². The van der Waals surface area contributed by atoms with Crippen molar-refractivity contribution in [2.45, 2.75) is 33.1 Å². The Morgan fingerprint density at radius 3 is 2.50 bits per heavy atom. The molecule has 0 heterocycles. The summed E-state index contributed by atoms with van der Waals surface area (Å²) in [5, 5.41) is 3.25. The number of ether oxygens (including phenoxy) is 2. The lowest BCUT2D eigenvalue weighted by atomic mass is 9.86. The lowest BCUT2D eigenvalue weighted by Crippen LogP contribution is -2.21. The molecule has 102 valence electrons. The summed E-state index contributed by atoms with van der Waals surface area (Å²) in [5.74, 6) is 1.82. The molecule has 0 bridgehead atoms. The van der Waals surface area contributed by atoms with Crippen LogP contribution in [-0.4, -0.2) is 26.8 Å². The van der Waals surface area contributed by atoms with Crippen molar-refractivity contribution in [2.75, 3.05) is 26.8 Å². The van der Waals surface area contributed by atoms with E-state index in [4.69, 9.17) is 9.47 Å². The van der Waals surface area contributed by atoms with Crippen LogP contribution in [0.25, 0.3) is 0 Å². The van der Waals surface area contributed by atoms with Gasteiger partial charge in [-0.1, -0.05) is 27.7 Å². The van der Waals surface area contributed by atoms with Gasteiger partial charge in [-0.25, -0.2) is 0 Å². The Morgan fingerprint density at radius 1 is 1.22 bits per heavy atom. The number of benzene rings is 1. The maximum atomic E-state index is 5.85. The fourth-order valence-corrected chi connectivity index (χ4v) is 1.76. The Morgan fingerprint density at radius 2 is 1.94 bits per heavy atom. The fraction of sp³-hybridized carbons (Fsp3) is 0.600. The fourth-order valence-electron chi connectivity index (χ4n) is 1.76. The predicted molar refractivity (Wildman–Crippen MR) is 75.7 cm³/mol. The molecule has 0 radical (unpaired) electrons. The predicted octanol–water partition coefficient (Wildman–Crippen LogP) is 2.98. The minimum Gasteiger partial charge on any atom is -0.497 e. The van der Waals surface area contributed by atoms with Crippen molar-refractivity contribution in [3.63, 3.8) is 0 Å². The summed E-state index contributed by atoms with van der Waals surface area (Å²) in [6, 6.07) is 5.99. The number of hydrogen-bond acceptors (Lipinski definition) is 3. The Hall–Kier alpha value is -1.22. The van der Waals surface area contributed by atoms with Crippen LogP contribution in [0.5, 0.6) is 11.5 Å². The van der Waals surface area contributed by atoms with E-state index < -0.39 is 0 Å². The molecule has 0 unspecified atom stereocenters. The zero-order chi connectivity index (χ0) is 13.6. The monoisotopic (exact) mass is 251 g/mol. The molecule has 18 heavy (non-hydrogen) atoms. The van der Waals surface area contributed by atoms with E-state index in [1.807, 2.05) is 12.1 Å². The minimum atomic E-state index is 0.0437. The molecule has 0 aromatic heterocycles. The molecule has 0 atom stereocenters. The third-order valence-electron chi connectivity index (χ3n) is 2.78. The highest BCUT2D eigenvalue weighted by Gasteiger charge is 2.19. The normalized spacial score (nSPS) is 11.4. The zero-order valence-electron chi connectivity index (χ0n) is 12.2. The van der Waals surface area contributed by atoms with E-state index >= 15 is 0 Å². The van der Waals surface area contributed by atoms with Gasteiger partial charge in [-0.3, -0.25) is 0 Å². The van der Waals surface area contributed by atoms with Crippen molar-refractivity contribution in [2.24, 2.45) is 0 Å². The molecule has 3 heteroatoms. The van der Waals surface area contributed by atoms with Gasteiger partial charge in [0.25, 0.3) is 0 Å². The van der Waals surface area contributed by atoms with Crippen molar-refractivity contribution < 1.29 is 9.47 Å². The Balaban J connectivity index is 2.82. The first-order valence-corrected chi connectivity index (χ1v) is 6.51. The molecular weight excluding hydrogens is 226 g/mol. The molecule has 0 saturated heterocycles. The largest absolute Gasteiger partial charge is 0.497 e. The van der Waals surface area contributed by atoms with Gasteiger partial charge in [0.2, 0.25) is 0 Å². The molecule has 0 saturated carbocycles. The lowest BCUT2D eigenvalue weighted by molar-refractivity contribution is 0.306. The molecule has 1 aromatic rings. The molecule has 1 N–H and O–H groups in total. The first-order valence-electron chi connectivity index (χ1n) is 6.51. The average Bonchev–Trinajstić information content (AvgIpc) is 2.33. The van der Waals surface area contributed by atoms with Crippen LogP contribution in [0.2, 0.25) is 0 Å². The van der Waals surface area contributed by atoms with Crippen molar-refractivity contribution in [1.82, 2.24) is 5.32 Å². The van der Waals surface area contributed by atoms with Crippen LogP contribution in [0.1, 0.15) is 33.3 Å². The second-order valence-corrected chi connectivity index (χ2v) is 5.31. The van der Waals surface area contributed by atoms with Gasteiger partial charge >= 0.3 is 0 Å². The minimum absolute atomic E-state index is 0.0437. The summed E-state index contributed by atoms with van der Waals surface area (Å²) in [6.45, 7) is 11.2. The average molecular weight is 251 g/mol. The molecule has 0 aliphatic carbocycles. The molecular formula is C15H25NO2. The van der Waals surface area contributed by atoms with Gasteiger partial charge in [-0.2, -0.15) is 0 Å². The van der Waals surface area contributed by atoms with E-state index in [0.29, 0.717) is 6.61 Å². The zero-order valence-corrected chi connectivity index (χ0v) is 12.2. The third kappa shape index (κ3) is 4.22. The van der Waals surface area contributed by atoms with Crippen molar-refractivity contribution in [3.8, 4) is 11.5 Å². The van der Waals surface area contributed by atoms with E-state index in [2.05, 4.69) is 39.1 Å². The number of likely N-dealkylation sites (N-methyl/N-ethyl adjacent to an activating group) is 1. The van der Waals surface area contributed by atoms with Crippen LogP contribution in [-0.2, 0) is 5.41 Å². The maximum Gasteiger partial charge on any atom is 0.123 e. The smallest absolute Gasteiger partial charge is 0.123 e. The van der Waals surface area contributed by atoms with Gasteiger partial charge in [0.1, 0.15) is 18.1 Å². The summed E-state index contributed by atoms with van der Waals surface area (Å²) in [5.41, 5.74) is 1.22. The summed E-state index contributed by atoms with van der Waals surface area (Å²) in [4.78, 5) is 0. The van der Waals surface area contributed by atoms with E-state index in [0.717, 1.165) is 24.6 Å². The molecule has 0 fully saturated rings. The molecule has 0 aliphatic rings. The number of hydrogen-bond donors (Lipinski definition) is 1. The van der Waals surface area contributed by atoms with Crippen LogP contribution in [0.3, 0.4) is 0 Å². The summed E-state index contributed by atoms with van der Waals surface area (Å²) in [7, 11) is 1.69. The Bertz CT molecular complexity index is 369. The first kappa shape index (κ1) is 14.8. The van der Waals surface area contributed by atoms with Gasteiger partial charge in [-0.15, -0.1) is 0 Å². The second-order valence-electron chi connectivity index (χ2n) is 5.31. The molecule has 0 amide bonds. The number of nitrogens with one attached hydrogen (secondary N) is 1. The first-order chi connectivity index (χ1) is 8.49. The highest BCUT2D eigenvalue weighted by Crippen LogP contribution is 2.34. The lowest BCUT2D eigenvalue weighted by Gasteiger charge is -2.23.